The molecule has 0 saturated carbocycles. The average Bonchev–Trinajstić information content (AvgIpc) is 3.12. The van der Waals surface area contributed by atoms with E-state index < -0.39 is 29.9 Å². The van der Waals surface area contributed by atoms with E-state index in [4.69, 9.17) is 4.74 Å². The Bertz CT molecular complexity index is 1620. The predicted octanol–water partition coefficient (Wildman–Crippen LogP) is 7.43. The molecule has 0 aliphatic heterocycles. The Morgan fingerprint density at radius 1 is 0.714 bits per heavy atom. The maximum Gasteiger partial charge on any atom is 0.325 e. The molecule has 0 aliphatic carbocycles. The molecule has 2 amide bonds. The number of carboxylic acid groups (broad SMARTS) is 1. The summed E-state index contributed by atoms with van der Waals surface area (Å²) in [6.07, 6.45) is 12.8. The van der Waals surface area contributed by atoms with Crippen molar-refractivity contribution < 1.29 is 24.2 Å². The second kappa shape index (κ2) is 19.1. The number of hydrogen-bond acceptors (Lipinski definition) is 6. The Kier molecular flexibility index (Phi) is 14.3. The first-order valence-corrected chi connectivity index (χ1v) is 17.3. The number of carboxylic acids is 1. The van der Waals surface area contributed by atoms with Crippen molar-refractivity contribution in [3.05, 3.63) is 102 Å². The normalized spacial score (nSPS) is 12.1. The van der Waals surface area contributed by atoms with Crippen molar-refractivity contribution in [3.8, 4) is 28.3 Å². The van der Waals surface area contributed by atoms with Gasteiger partial charge in [0, 0.05) is 35.5 Å². The van der Waals surface area contributed by atoms with Crippen LogP contribution in [0.25, 0.3) is 22.5 Å². The van der Waals surface area contributed by atoms with Crippen LogP contribution in [0.15, 0.2) is 85.2 Å². The van der Waals surface area contributed by atoms with Crippen LogP contribution in [0.4, 0.5) is 0 Å². The van der Waals surface area contributed by atoms with Crippen molar-refractivity contribution in [2.45, 2.75) is 90.6 Å². The number of aliphatic carboxylic acids is 1. The molecule has 49 heavy (non-hydrogen) atoms. The molecule has 0 bridgehead atoms. The van der Waals surface area contributed by atoms with Crippen LogP contribution < -0.4 is 15.4 Å². The highest BCUT2D eigenvalue weighted by atomic mass is 16.5. The Morgan fingerprint density at radius 3 is 1.96 bits per heavy atom. The van der Waals surface area contributed by atoms with Gasteiger partial charge in [-0.1, -0.05) is 94.5 Å². The summed E-state index contributed by atoms with van der Waals surface area (Å²) in [6, 6.07) is 20.6. The largest absolute Gasteiger partial charge is 0.494 e. The number of ether oxygens (including phenoxy) is 1. The van der Waals surface area contributed by atoms with Gasteiger partial charge in [-0.3, -0.25) is 14.4 Å². The van der Waals surface area contributed by atoms with Gasteiger partial charge in [0.05, 0.1) is 6.61 Å². The fourth-order valence-corrected chi connectivity index (χ4v) is 5.32. The molecule has 2 atom stereocenters. The number of amides is 2. The number of carbonyl (C=O) groups is 3. The summed E-state index contributed by atoms with van der Waals surface area (Å²) in [7, 11) is 0. The molecule has 0 fully saturated rings. The number of carbonyl (C=O) groups excluding carboxylic acids is 2. The standard InChI is InChI=1S/C40H48N4O5/c1-4-6-8-9-10-24-49-35-22-20-31(21-23-35)34-26-41-37(42-27-34)32-16-14-30(15-17-32)25-36(39(46)43-28(3)40(47)48)44-38(45)33-18-12-29(13-19-33)11-7-5-2/h12-23,26-28,36H,4-11,24-25H2,1-3H3,(H,43,46)(H,44,45)(H,47,48)/t28-,36+/m1/s1. The van der Waals surface area contributed by atoms with Crippen molar-refractivity contribution in [1.82, 2.24) is 20.6 Å². The average molecular weight is 665 g/mol. The monoisotopic (exact) mass is 664 g/mol. The molecule has 0 spiro atoms. The zero-order valence-electron chi connectivity index (χ0n) is 28.8. The van der Waals surface area contributed by atoms with Gasteiger partial charge in [0.1, 0.15) is 17.8 Å². The van der Waals surface area contributed by atoms with Crippen LogP contribution in [-0.2, 0) is 22.4 Å². The minimum Gasteiger partial charge on any atom is -0.494 e. The number of aromatic nitrogens is 2. The maximum absolute atomic E-state index is 13.1. The number of aryl methyl sites for hydroxylation is 1. The van der Waals surface area contributed by atoms with E-state index in [9.17, 15) is 19.5 Å². The van der Waals surface area contributed by atoms with Crippen molar-refractivity contribution in [2.24, 2.45) is 0 Å². The quantitative estimate of drug-likeness (QED) is 0.0889. The lowest BCUT2D eigenvalue weighted by Gasteiger charge is -2.20. The fraction of sp³-hybridized carbons (Fsp3) is 0.375. The first-order chi connectivity index (χ1) is 23.8. The molecule has 3 aromatic carbocycles. The second-order valence-electron chi connectivity index (χ2n) is 12.4. The minimum atomic E-state index is -1.16. The second-order valence-corrected chi connectivity index (χ2v) is 12.4. The molecule has 4 rings (SSSR count). The summed E-state index contributed by atoms with van der Waals surface area (Å²) in [4.78, 5) is 46.8. The highest BCUT2D eigenvalue weighted by Gasteiger charge is 2.25. The molecule has 0 unspecified atom stereocenters. The molecule has 0 aliphatic rings. The van der Waals surface area contributed by atoms with Crippen LogP contribution in [0.1, 0.15) is 87.2 Å². The van der Waals surface area contributed by atoms with Crippen LogP contribution >= 0.6 is 0 Å². The highest BCUT2D eigenvalue weighted by Crippen LogP contribution is 2.24. The lowest BCUT2D eigenvalue weighted by molar-refractivity contribution is -0.141. The number of rotatable bonds is 19. The molecule has 258 valence electrons. The van der Waals surface area contributed by atoms with Crippen molar-refractivity contribution in [3.63, 3.8) is 0 Å². The fourth-order valence-electron chi connectivity index (χ4n) is 5.32. The van der Waals surface area contributed by atoms with Crippen molar-refractivity contribution in [1.29, 1.82) is 0 Å². The van der Waals surface area contributed by atoms with E-state index in [1.807, 2.05) is 60.7 Å². The Hall–Kier alpha value is -5.05. The van der Waals surface area contributed by atoms with E-state index in [2.05, 4.69) is 34.4 Å². The van der Waals surface area contributed by atoms with E-state index in [1.165, 1.54) is 32.6 Å². The van der Waals surface area contributed by atoms with Crippen LogP contribution in [0.2, 0.25) is 0 Å². The predicted molar refractivity (Wildman–Crippen MR) is 192 cm³/mol. The van der Waals surface area contributed by atoms with E-state index in [0.717, 1.165) is 65.9 Å². The number of nitrogens with zero attached hydrogens (tertiary/aromatic N) is 2. The summed E-state index contributed by atoms with van der Waals surface area (Å²) < 4.78 is 5.88. The summed E-state index contributed by atoms with van der Waals surface area (Å²) >= 11 is 0. The molecule has 1 heterocycles. The van der Waals surface area contributed by atoms with Gasteiger partial charge < -0.3 is 20.5 Å². The van der Waals surface area contributed by atoms with E-state index in [1.54, 1.807) is 24.5 Å². The molecule has 1 aromatic heterocycles. The van der Waals surface area contributed by atoms with Crippen LogP contribution in [-0.4, -0.2) is 51.5 Å². The van der Waals surface area contributed by atoms with Crippen LogP contribution in [0.3, 0.4) is 0 Å². The summed E-state index contributed by atoms with van der Waals surface area (Å²) in [5, 5.41) is 14.6. The van der Waals surface area contributed by atoms with Gasteiger partial charge in [-0.2, -0.15) is 0 Å². The van der Waals surface area contributed by atoms with Crippen LogP contribution in [0.5, 0.6) is 5.75 Å². The lowest BCUT2D eigenvalue weighted by atomic mass is 10.0. The first kappa shape index (κ1) is 36.8. The molecule has 9 heteroatoms. The number of nitrogens with one attached hydrogen (secondary N) is 2. The zero-order chi connectivity index (χ0) is 35.0. The van der Waals surface area contributed by atoms with Gasteiger partial charge in [0.25, 0.3) is 5.91 Å². The van der Waals surface area contributed by atoms with Crippen molar-refractivity contribution >= 4 is 17.8 Å². The van der Waals surface area contributed by atoms with Gasteiger partial charge in [-0.25, -0.2) is 9.97 Å². The van der Waals surface area contributed by atoms with Gasteiger partial charge in [-0.15, -0.1) is 0 Å². The third-order valence-electron chi connectivity index (χ3n) is 8.39. The number of benzene rings is 3. The summed E-state index contributed by atoms with van der Waals surface area (Å²) in [5.74, 6) is -0.739. The Morgan fingerprint density at radius 2 is 1.33 bits per heavy atom. The van der Waals surface area contributed by atoms with Gasteiger partial charge >= 0.3 is 5.97 Å². The number of unbranched alkanes of at least 4 members (excludes halogenated alkanes) is 5. The molecule has 3 N–H and O–H groups in total. The van der Waals surface area contributed by atoms with Gasteiger partial charge in [0.15, 0.2) is 5.82 Å². The third kappa shape index (κ3) is 11.6. The zero-order valence-corrected chi connectivity index (χ0v) is 28.8. The topological polar surface area (TPSA) is 131 Å². The molecule has 4 aromatic rings. The smallest absolute Gasteiger partial charge is 0.325 e. The lowest BCUT2D eigenvalue weighted by Crippen LogP contribution is -2.51. The molecule has 0 radical (unpaired) electrons. The molecular weight excluding hydrogens is 616 g/mol. The highest BCUT2D eigenvalue weighted by molar-refractivity contribution is 5.98. The molecule has 0 saturated heterocycles. The Labute approximate surface area is 289 Å². The van der Waals surface area contributed by atoms with E-state index in [-0.39, 0.29) is 6.42 Å². The van der Waals surface area contributed by atoms with E-state index >= 15 is 0 Å². The number of hydrogen-bond donors (Lipinski definition) is 3. The minimum absolute atomic E-state index is 0.164. The SMILES string of the molecule is CCCCCCCOc1ccc(-c2cnc(-c3ccc(C[C@H](NC(=O)c4ccc(CCCC)cc4)C(=O)N[C@H](C)C(=O)O)cc3)nc2)cc1. The first-order valence-electron chi connectivity index (χ1n) is 17.3. The summed E-state index contributed by atoms with van der Waals surface area (Å²) in [6.45, 7) is 6.45. The molecular formula is C40H48N4O5. The van der Waals surface area contributed by atoms with E-state index in [0.29, 0.717) is 11.4 Å². The van der Waals surface area contributed by atoms with Crippen LogP contribution in [0, 0.1) is 0 Å². The maximum atomic E-state index is 13.1. The Balaban J connectivity index is 1.38. The third-order valence-corrected chi connectivity index (χ3v) is 8.39. The van der Waals surface area contributed by atoms with Gasteiger partial charge in [-0.05, 0) is 67.1 Å². The molecule has 9 nitrogen and oxygen atoms in total. The van der Waals surface area contributed by atoms with Gasteiger partial charge in [0.2, 0.25) is 5.91 Å². The summed E-state index contributed by atoms with van der Waals surface area (Å²) in [5.41, 5.74) is 5.03. The van der Waals surface area contributed by atoms with Crippen molar-refractivity contribution in [2.75, 3.05) is 6.61 Å².